The Morgan fingerprint density at radius 2 is 2.00 bits per heavy atom. The van der Waals surface area contributed by atoms with Crippen LogP contribution in [0.5, 0.6) is 0 Å². The third-order valence-corrected chi connectivity index (χ3v) is 3.86. The Morgan fingerprint density at radius 3 is 2.47 bits per heavy atom. The van der Waals surface area contributed by atoms with Gasteiger partial charge in [0.15, 0.2) is 5.43 Å². The van der Waals surface area contributed by atoms with Gasteiger partial charge in [0, 0.05) is 23.5 Å². The minimum atomic E-state index is -0.292. The Kier molecular flexibility index (Phi) is 2.42. The van der Waals surface area contributed by atoms with Gasteiger partial charge in [-0.1, -0.05) is 13.8 Å². The first-order valence-electron chi connectivity index (χ1n) is 5.77. The molecule has 1 aromatic heterocycles. The summed E-state index contributed by atoms with van der Waals surface area (Å²) >= 11 is 0. The van der Waals surface area contributed by atoms with E-state index in [4.69, 9.17) is 0 Å². The van der Waals surface area contributed by atoms with Crippen molar-refractivity contribution in [2.45, 2.75) is 39.7 Å². The lowest BCUT2D eigenvalue weighted by Gasteiger charge is -2.16. The Hall–Kier alpha value is -1.58. The fourth-order valence-corrected chi connectivity index (χ4v) is 2.12. The molecule has 0 saturated heterocycles. The van der Waals surface area contributed by atoms with Gasteiger partial charge in [-0.2, -0.15) is 0 Å². The van der Waals surface area contributed by atoms with Crippen molar-refractivity contribution >= 4 is 5.91 Å². The first-order valence-corrected chi connectivity index (χ1v) is 5.77. The molecule has 0 spiro atoms. The van der Waals surface area contributed by atoms with E-state index in [1.807, 2.05) is 6.92 Å². The Morgan fingerprint density at radius 1 is 1.41 bits per heavy atom. The van der Waals surface area contributed by atoms with Crippen LogP contribution in [0.4, 0.5) is 0 Å². The smallest absolute Gasteiger partial charge is 0.257 e. The minimum Gasteiger partial charge on any atom is -0.364 e. The second kappa shape index (κ2) is 3.45. The van der Waals surface area contributed by atoms with Crippen LogP contribution >= 0.6 is 0 Å². The van der Waals surface area contributed by atoms with Crippen LogP contribution in [-0.2, 0) is 0 Å². The van der Waals surface area contributed by atoms with E-state index in [0.29, 0.717) is 0 Å². The van der Waals surface area contributed by atoms with Crippen molar-refractivity contribution in [3.63, 3.8) is 0 Å². The van der Waals surface area contributed by atoms with Crippen molar-refractivity contribution in [1.29, 1.82) is 0 Å². The molecule has 0 bridgehead atoms. The first kappa shape index (κ1) is 11.9. The number of carbonyl (C=O) groups is 1. The van der Waals surface area contributed by atoms with Crippen molar-refractivity contribution in [1.82, 2.24) is 10.3 Å². The maximum Gasteiger partial charge on any atom is 0.257 e. The standard InChI is InChI=1S/C13H18N2O2/c1-8-5-10(16)9(6-14-8)11(17)15-13(4)7-12(13,2)3/h5-6H,7H2,1-4H3,(H,14,16)(H,15,17). The lowest BCUT2D eigenvalue weighted by molar-refractivity contribution is 0.0925. The third kappa shape index (κ3) is 1.99. The molecule has 4 nitrogen and oxygen atoms in total. The predicted molar refractivity (Wildman–Crippen MR) is 66.1 cm³/mol. The molecule has 1 aromatic rings. The highest BCUT2D eigenvalue weighted by Crippen LogP contribution is 2.55. The summed E-state index contributed by atoms with van der Waals surface area (Å²) in [5, 5.41) is 2.94. The van der Waals surface area contributed by atoms with Gasteiger partial charge >= 0.3 is 0 Å². The van der Waals surface area contributed by atoms with E-state index in [2.05, 4.69) is 24.1 Å². The number of hydrogen-bond donors (Lipinski definition) is 2. The zero-order valence-electron chi connectivity index (χ0n) is 10.7. The molecule has 1 amide bonds. The minimum absolute atomic E-state index is 0.111. The molecular formula is C13H18N2O2. The van der Waals surface area contributed by atoms with Gasteiger partial charge in [-0.3, -0.25) is 9.59 Å². The second-order valence-corrected chi connectivity index (χ2v) is 5.74. The average molecular weight is 234 g/mol. The van der Waals surface area contributed by atoms with E-state index in [9.17, 15) is 9.59 Å². The number of aromatic nitrogens is 1. The summed E-state index contributed by atoms with van der Waals surface area (Å²) in [6.45, 7) is 8.00. The summed E-state index contributed by atoms with van der Waals surface area (Å²) in [6.07, 6.45) is 2.42. The molecule has 1 saturated carbocycles. The van der Waals surface area contributed by atoms with Crippen LogP contribution in [0.3, 0.4) is 0 Å². The highest BCUT2D eigenvalue weighted by molar-refractivity contribution is 5.94. The van der Waals surface area contributed by atoms with Crippen molar-refractivity contribution < 1.29 is 4.79 Å². The first-order chi connectivity index (χ1) is 7.75. The number of H-pyrrole nitrogens is 1. The molecule has 1 unspecified atom stereocenters. The zero-order valence-corrected chi connectivity index (χ0v) is 10.7. The molecule has 1 heterocycles. The normalized spacial score (nSPS) is 25.4. The van der Waals surface area contributed by atoms with Crippen LogP contribution in [0.15, 0.2) is 17.1 Å². The Bertz CT molecular complexity index is 530. The number of rotatable bonds is 2. The number of amides is 1. The van der Waals surface area contributed by atoms with Crippen LogP contribution in [0.1, 0.15) is 43.2 Å². The summed E-state index contributed by atoms with van der Waals surface area (Å²) in [5.41, 5.74) is 0.617. The topological polar surface area (TPSA) is 62.0 Å². The molecule has 1 aliphatic rings. The molecule has 0 radical (unpaired) electrons. The second-order valence-electron chi connectivity index (χ2n) is 5.74. The molecule has 17 heavy (non-hydrogen) atoms. The van der Waals surface area contributed by atoms with Gasteiger partial charge in [0.25, 0.3) is 5.91 Å². The highest BCUT2D eigenvalue weighted by atomic mass is 16.2. The Balaban J connectivity index is 2.19. The van der Waals surface area contributed by atoms with Crippen LogP contribution in [0.25, 0.3) is 0 Å². The van der Waals surface area contributed by atoms with Gasteiger partial charge in [0.05, 0.1) is 0 Å². The Labute approximate surface area is 100 Å². The summed E-state index contributed by atoms with van der Waals surface area (Å²) in [6, 6.07) is 1.44. The number of nitrogens with one attached hydrogen (secondary N) is 2. The van der Waals surface area contributed by atoms with E-state index < -0.39 is 0 Å². The average Bonchev–Trinajstić information content (AvgIpc) is 2.63. The molecule has 1 atom stereocenters. The molecule has 2 N–H and O–H groups in total. The summed E-state index contributed by atoms with van der Waals surface area (Å²) < 4.78 is 0. The maximum atomic E-state index is 12.0. The summed E-state index contributed by atoms with van der Waals surface area (Å²) in [7, 11) is 0. The number of aryl methyl sites for hydroxylation is 1. The van der Waals surface area contributed by atoms with E-state index in [1.165, 1.54) is 12.3 Å². The fourth-order valence-electron chi connectivity index (χ4n) is 2.12. The van der Waals surface area contributed by atoms with E-state index in [1.54, 1.807) is 6.92 Å². The van der Waals surface area contributed by atoms with E-state index in [0.717, 1.165) is 12.1 Å². The van der Waals surface area contributed by atoms with Crippen LogP contribution in [-0.4, -0.2) is 16.4 Å². The van der Waals surface area contributed by atoms with Gasteiger partial charge in [-0.25, -0.2) is 0 Å². The van der Waals surface area contributed by atoms with Crippen LogP contribution < -0.4 is 10.7 Å². The van der Waals surface area contributed by atoms with Gasteiger partial charge in [-0.05, 0) is 25.7 Å². The number of carbonyl (C=O) groups excluding carboxylic acids is 1. The number of hydrogen-bond acceptors (Lipinski definition) is 2. The molecule has 0 aliphatic heterocycles. The summed E-state index contributed by atoms with van der Waals surface area (Å²) in [5.74, 6) is -0.292. The number of aromatic amines is 1. The highest BCUT2D eigenvalue weighted by Gasteiger charge is 2.58. The predicted octanol–water partition coefficient (Wildman–Crippen LogP) is 1.60. The SMILES string of the molecule is Cc1cc(=O)c(C(=O)NC2(C)CC2(C)C)c[nH]1. The van der Waals surface area contributed by atoms with Crippen LogP contribution in [0.2, 0.25) is 0 Å². The summed E-state index contributed by atoms with van der Waals surface area (Å²) in [4.78, 5) is 26.5. The van der Waals surface area contributed by atoms with Crippen LogP contribution in [0, 0.1) is 12.3 Å². The van der Waals surface area contributed by atoms with Gasteiger partial charge in [-0.15, -0.1) is 0 Å². The molecule has 92 valence electrons. The lowest BCUT2D eigenvalue weighted by Crippen LogP contribution is -2.40. The van der Waals surface area contributed by atoms with E-state index >= 15 is 0 Å². The molecule has 4 heteroatoms. The fraction of sp³-hybridized carbons (Fsp3) is 0.538. The third-order valence-electron chi connectivity index (χ3n) is 3.86. The maximum absolute atomic E-state index is 12.0. The van der Waals surface area contributed by atoms with Gasteiger partial charge in [0.1, 0.15) is 5.56 Å². The molecular weight excluding hydrogens is 216 g/mol. The lowest BCUT2D eigenvalue weighted by atomic mass is 10.1. The largest absolute Gasteiger partial charge is 0.364 e. The van der Waals surface area contributed by atoms with E-state index in [-0.39, 0.29) is 27.9 Å². The van der Waals surface area contributed by atoms with Gasteiger partial charge in [0.2, 0.25) is 0 Å². The molecule has 2 rings (SSSR count). The number of pyridine rings is 1. The van der Waals surface area contributed by atoms with Crippen molar-refractivity contribution in [2.24, 2.45) is 5.41 Å². The molecule has 1 aliphatic carbocycles. The van der Waals surface area contributed by atoms with Gasteiger partial charge < -0.3 is 10.3 Å². The van der Waals surface area contributed by atoms with Crippen molar-refractivity contribution in [3.8, 4) is 0 Å². The zero-order chi connectivity index (χ0) is 12.8. The molecule has 1 fully saturated rings. The van der Waals surface area contributed by atoms with Crippen molar-refractivity contribution in [3.05, 3.63) is 33.7 Å². The quantitative estimate of drug-likeness (QED) is 0.816. The molecule has 0 aromatic carbocycles. The monoisotopic (exact) mass is 234 g/mol. The van der Waals surface area contributed by atoms with Crippen molar-refractivity contribution in [2.75, 3.05) is 0 Å².